The van der Waals surface area contributed by atoms with Crippen molar-refractivity contribution < 1.29 is 9.90 Å². The molecule has 3 heteroatoms. The Bertz CT molecular complexity index is 532. The molecule has 1 N–H and O–H groups in total. The van der Waals surface area contributed by atoms with Crippen LogP contribution in [-0.4, -0.2) is 35.6 Å². The van der Waals surface area contributed by atoms with E-state index in [0.29, 0.717) is 5.56 Å². The van der Waals surface area contributed by atoms with Gasteiger partial charge in [-0.1, -0.05) is 30.7 Å². The third-order valence-corrected chi connectivity index (χ3v) is 3.68. The lowest BCUT2D eigenvalue weighted by Gasteiger charge is -2.20. The van der Waals surface area contributed by atoms with Crippen LogP contribution in [0.1, 0.15) is 47.2 Å². The van der Waals surface area contributed by atoms with Gasteiger partial charge in [0, 0.05) is 24.2 Å². The molecule has 0 atom stereocenters. The van der Waals surface area contributed by atoms with Crippen molar-refractivity contribution in [3.63, 3.8) is 0 Å². The molecule has 0 unspecified atom stereocenters. The first-order valence-corrected chi connectivity index (χ1v) is 7.22. The molecule has 0 aromatic heterocycles. The summed E-state index contributed by atoms with van der Waals surface area (Å²) < 4.78 is 0. The van der Waals surface area contributed by atoms with E-state index in [9.17, 15) is 4.79 Å². The van der Waals surface area contributed by atoms with Crippen molar-refractivity contribution >= 4 is 5.91 Å². The molecular weight excluding hydrogens is 250 g/mol. The molecule has 1 fully saturated rings. The maximum Gasteiger partial charge on any atom is 0.253 e. The van der Waals surface area contributed by atoms with Gasteiger partial charge >= 0.3 is 0 Å². The third kappa shape index (κ3) is 3.61. The molecule has 1 aromatic carbocycles. The minimum Gasteiger partial charge on any atom is -0.384 e. The van der Waals surface area contributed by atoms with Crippen LogP contribution in [0.25, 0.3) is 0 Å². The molecular formula is C17H21NO2. The van der Waals surface area contributed by atoms with Gasteiger partial charge in [-0.3, -0.25) is 4.79 Å². The highest BCUT2D eigenvalue weighted by Crippen LogP contribution is 2.16. The maximum atomic E-state index is 12.5. The number of benzene rings is 1. The smallest absolute Gasteiger partial charge is 0.253 e. The maximum absolute atomic E-state index is 12.5. The summed E-state index contributed by atoms with van der Waals surface area (Å²) in [4.78, 5) is 14.5. The highest BCUT2D eigenvalue weighted by molar-refractivity contribution is 5.94. The molecule has 20 heavy (non-hydrogen) atoms. The van der Waals surface area contributed by atoms with Crippen molar-refractivity contribution in [2.24, 2.45) is 0 Å². The SMILES string of the molecule is Cc1ccc(C(=O)N2CCCCCC2)cc1C#CCO. The monoisotopic (exact) mass is 271 g/mol. The van der Waals surface area contributed by atoms with Crippen LogP contribution in [0.4, 0.5) is 0 Å². The number of aliphatic hydroxyl groups excluding tert-OH is 1. The van der Waals surface area contributed by atoms with Crippen molar-refractivity contribution in [1.29, 1.82) is 0 Å². The minimum atomic E-state index is -0.163. The van der Waals surface area contributed by atoms with Gasteiger partial charge < -0.3 is 10.0 Å². The summed E-state index contributed by atoms with van der Waals surface area (Å²) in [5, 5.41) is 8.78. The number of aryl methyl sites for hydroxylation is 1. The number of likely N-dealkylation sites (tertiary alicyclic amines) is 1. The predicted octanol–water partition coefficient (Wildman–Crippen LogP) is 2.36. The van der Waals surface area contributed by atoms with Crippen LogP contribution in [0.3, 0.4) is 0 Å². The molecule has 0 bridgehead atoms. The molecule has 106 valence electrons. The van der Waals surface area contributed by atoms with Gasteiger partial charge in [0.25, 0.3) is 5.91 Å². The van der Waals surface area contributed by atoms with E-state index in [1.807, 2.05) is 30.0 Å². The van der Waals surface area contributed by atoms with E-state index in [2.05, 4.69) is 11.8 Å². The van der Waals surface area contributed by atoms with Crippen molar-refractivity contribution in [3.05, 3.63) is 34.9 Å². The van der Waals surface area contributed by atoms with Crippen molar-refractivity contribution in [1.82, 2.24) is 4.90 Å². The van der Waals surface area contributed by atoms with E-state index in [1.165, 1.54) is 12.8 Å². The van der Waals surface area contributed by atoms with Crippen LogP contribution in [0.2, 0.25) is 0 Å². The van der Waals surface area contributed by atoms with Crippen LogP contribution < -0.4 is 0 Å². The van der Waals surface area contributed by atoms with Gasteiger partial charge in [0.2, 0.25) is 0 Å². The molecule has 0 spiro atoms. The zero-order valence-corrected chi connectivity index (χ0v) is 12.0. The molecule has 3 nitrogen and oxygen atoms in total. The normalized spacial score (nSPS) is 15.2. The van der Waals surface area contributed by atoms with Gasteiger partial charge in [0.05, 0.1) is 0 Å². The highest BCUT2D eigenvalue weighted by Gasteiger charge is 2.17. The summed E-state index contributed by atoms with van der Waals surface area (Å²) >= 11 is 0. The Morgan fingerprint density at radius 2 is 1.95 bits per heavy atom. The average Bonchev–Trinajstić information content (AvgIpc) is 2.75. The van der Waals surface area contributed by atoms with E-state index in [1.54, 1.807) is 0 Å². The minimum absolute atomic E-state index is 0.0962. The Balaban J connectivity index is 2.21. The van der Waals surface area contributed by atoms with Gasteiger partial charge in [-0.15, -0.1) is 0 Å². The Morgan fingerprint density at radius 3 is 2.60 bits per heavy atom. The fraction of sp³-hybridized carbons (Fsp3) is 0.471. The summed E-state index contributed by atoms with van der Waals surface area (Å²) in [6.07, 6.45) is 4.61. The largest absolute Gasteiger partial charge is 0.384 e. The first kappa shape index (κ1) is 14.6. The Kier molecular flexibility index (Phi) is 5.20. The second-order valence-electron chi connectivity index (χ2n) is 5.20. The number of nitrogens with zero attached hydrogens (tertiary/aromatic N) is 1. The Labute approximate surface area is 120 Å². The standard InChI is InChI=1S/C17H21NO2/c1-14-8-9-16(13-15(14)7-6-12-19)17(20)18-10-4-2-3-5-11-18/h8-9,13,19H,2-5,10-12H2,1H3. The number of carbonyl (C=O) groups is 1. The van der Waals surface area contributed by atoms with Crippen LogP contribution in [-0.2, 0) is 0 Å². The van der Waals surface area contributed by atoms with Crippen LogP contribution in [0, 0.1) is 18.8 Å². The van der Waals surface area contributed by atoms with Gasteiger partial charge in [0.1, 0.15) is 6.61 Å². The van der Waals surface area contributed by atoms with Crippen molar-refractivity contribution in [2.75, 3.05) is 19.7 Å². The topological polar surface area (TPSA) is 40.5 Å². The summed E-state index contributed by atoms with van der Waals surface area (Å²) in [5.41, 5.74) is 2.54. The lowest BCUT2D eigenvalue weighted by Crippen LogP contribution is -2.31. The van der Waals surface area contributed by atoms with Crippen LogP contribution in [0.5, 0.6) is 0 Å². The molecule has 1 aliphatic heterocycles. The summed E-state index contributed by atoms with van der Waals surface area (Å²) in [5.74, 6) is 5.64. The lowest BCUT2D eigenvalue weighted by molar-refractivity contribution is 0.0761. The predicted molar refractivity (Wildman–Crippen MR) is 79.5 cm³/mol. The van der Waals surface area contributed by atoms with E-state index in [0.717, 1.165) is 37.1 Å². The van der Waals surface area contributed by atoms with Crippen molar-refractivity contribution in [3.8, 4) is 11.8 Å². The molecule has 1 aliphatic rings. The molecule has 0 radical (unpaired) electrons. The van der Waals surface area contributed by atoms with E-state index in [-0.39, 0.29) is 12.5 Å². The van der Waals surface area contributed by atoms with Gasteiger partial charge in [-0.05, 0) is 37.5 Å². The number of aliphatic hydroxyl groups is 1. The van der Waals surface area contributed by atoms with Crippen LogP contribution in [0.15, 0.2) is 18.2 Å². The Morgan fingerprint density at radius 1 is 1.25 bits per heavy atom. The zero-order chi connectivity index (χ0) is 14.4. The van der Waals surface area contributed by atoms with Gasteiger partial charge in [0.15, 0.2) is 0 Å². The fourth-order valence-corrected chi connectivity index (χ4v) is 2.48. The zero-order valence-electron chi connectivity index (χ0n) is 12.0. The number of hydrogen-bond donors (Lipinski definition) is 1. The number of amides is 1. The molecule has 1 heterocycles. The van der Waals surface area contributed by atoms with E-state index < -0.39 is 0 Å². The first-order chi connectivity index (χ1) is 9.72. The molecule has 0 saturated carbocycles. The third-order valence-electron chi connectivity index (χ3n) is 3.68. The van der Waals surface area contributed by atoms with E-state index >= 15 is 0 Å². The number of rotatable bonds is 1. The lowest BCUT2D eigenvalue weighted by atomic mass is 10.0. The van der Waals surface area contributed by atoms with Crippen LogP contribution >= 0.6 is 0 Å². The molecule has 1 aromatic rings. The Hall–Kier alpha value is -1.79. The average molecular weight is 271 g/mol. The number of hydrogen-bond acceptors (Lipinski definition) is 2. The van der Waals surface area contributed by atoms with Gasteiger partial charge in [-0.25, -0.2) is 0 Å². The van der Waals surface area contributed by atoms with E-state index in [4.69, 9.17) is 5.11 Å². The summed E-state index contributed by atoms with van der Waals surface area (Å²) in [6, 6.07) is 5.63. The molecule has 0 aliphatic carbocycles. The molecule has 1 amide bonds. The number of carbonyl (C=O) groups excluding carboxylic acids is 1. The second-order valence-corrected chi connectivity index (χ2v) is 5.20. The molecule has 2 rings (SSSR count). The van der Waals surface area contributed by atoms with Gasteiger partial charge in [-0.2, -0.15) is 0 Å². The second kappa shape index (κ2) is 7.12. The van der Waals surface area contributed by atoms with Crippen molar-refractivity contribution in [2.45, 2.75) is 32.6 Å². The molecule has 1 saturated heterocycles. The summed E-state index contributed by atoms with van der Waals surface area (Å²) in [6.45, 7) is 3.50. The highest BCUT2D eigenvalue weighted by atomic mass is 16.2. The quantitative estimate of drug-likeness (QED) is 0.797. The summed E-state index contributed by atoms with van der Waals surface area (Å²) in [7, 11) is 0. The fourth-order valence-electron chi connectivity index (χ4n) is 2.48. The first-order valence-electron chi connectivity index (χ1n) is 7.22.